The molecule has 2 fully saturated rings. The summed E-state index contributed by atoms with van der Waals surface area (Å²) in [6.07, 6.45) is 6.34. The Labute approximate surface area is 227 Å². The Hall–Kier alpha value is -2.22. The maximum absolute atomic E-state index is 13.6. The van der Waals surface area contributed by atoms with Crippen molar-refractivity contribution in [1.82, 2.24) is 24.1 Å². The molecule has 5 rings (SSSR count). The van der Waals surface area contributed by atoms with Gasteiger partial charge in [0.1, 0.15) is 10.6 Å². The third-order valence-corrected chi connectivity index (χ3v) is 10.2. The van der Waals surface area contributed by atoms with Crippen molar-refractivity contribution < 1.29 is 17.7 Å². The minimum atomic E-state index is -4.56. The van der Waals surface area contributed by atoms with E-state index in [1.807, 2.05) is 25.2 Å². The van der Waals surface area contributed by atoms with Gasteiger partial charge in [0.2, 0.25) is 5.95 Å². The summed E-state index contributed by atoms with van der Waals surface area (Å²) < 4.78 is 58.5. The minimum absolute atomic E-state index is 0.0118. The first-order valence-corrected chi connectivity index (χ1v) is 14.6. The fraction of sp³-hybridized carbons (Fsp3) is 0.560. The highest BCUT2D eigenvalue weighted by atomic mass is 32.2. The lowest BCUT2D eigenvalue weighted by atomic mass is 9.74. The number of halogens is 3. The maximum atomic E-state index is 13.6. The molecule has 38 heavy (non-hydrogen) atoms. The van der Waals surface area contributed by atoms with Crippen LogP contribution in [0.1, 0.15) is 58.4 Å². The van der Waals surface area contributed by atoms with Crippen LogP contribution in [-0.2, 0) is 17.5 Å². The minimum Gasteiger partial charge on any atom is -0.598 e. The molecule has 3 aromatic rings. The predicted molar refractivity (Wildman–Crippen MR) is 143 cm³/mol. The number of piperidine rings is 1. The average Bonchev–Trinajstić information content (AvgIpc) is 3.47. The van der Waals surface area contributed by atoms with E-state index in [2.05, 4.69) is 24.6 Å². The largest absolute Gasteiger partial charge is 0.598 e. The summed E-state index contributed by atoms with van der Waals surface area (Å²) in [5.41, 5.74) is 5.48. The molecule has 1 aliphatic carbocycles. The lowest BCUT2D eigenvalue weighted by molar-refractivity contribution is -0.140. The second-order valence-corrected chi connectivity index (χ2v) is 14.1. The van der Waals surface area contributed by atoms with Crippen molar-refractivity contribution in [3.63, 3.8) is 0 Å². The van der Waals surface area contributed by atoms with Crippen LogP contribution < -0.4 is 15.4 Å². The highest BCUT2D eigenvalue weighted by Gasteiger charge is 2.48. The summed E-state index contributed by atoms with van der Waals surface area (Å²) in [5, 5.41) is 0. The number of nitrogens with zero attached hydrogens (tertiary/aromatic N) is 5. The van der Waals surface area contributed by atoms with Crippen molar-refractivity contribution in [2.45, 2.75) is 79.6 Å². The molecule has 1 saturated heterocycles. The van der Waals surface area contributed by atoms with E-state index in [4.69, 9.17) is 5.73 Å². The Bertz CT molecular complexity index is 1300. The summed E-state index contributed by atoms with van der Waals surface area (Å²) in [6.45, 7) is 7.52. The third kappa shape index (κ3) is 5.30. The number of imidazole rings is 1. The van der Waals surface area contributed by atoms with E-state index in [1.165, 1.54) is 6.07 Å². The average molecular weight is 568 g/mol. The standard InChI is InChI=1S/C25H32F3N7OS2/c1-23(2,3)38(36)33-19-5-4-6-24(19)7-10-34(11-8-24)22-32-15-18(21-30-9-12-35(21)22)37-17-13-20(29)31-14-16(17)25(26,27)28/h9,12-15,19,33H,4-8,10-11H2,1-3H3,(H2,29,31)/t19-,38?/m1/s1. The Balaban J connectivity index is 1.36. The second kappa shape index (κ2) is 10.1. The number of nitrogens with one attached hydrogen (secondary N) is 1. The molecule has 4 heterocycles. The van der Waals surface area contributed by atoms with Gasteiger partial charge in [-0.25, -0.2) is 15.0 Å². The molecular weight excluding hydrogens is 535 g/mol. The summed E-state index contributed by atoms with van der Waals surface area (Å²) in [4.78, 5) is 15.4. The summed E-state index contributed by atoms with van der Waals surface area (Å²) in [7, 11) is 0. The lowest BCUT2D eigenvalue weighted by Gasteiger charge is -2.44. The van der Waals surface area contributed by atoms with Crippen LogP contribution in [0.3, 0.4) is 0 Å². The number of aromatic nitrogens is 4. The van der Waals surface area contributed by atoms with Crippen LogP contribution in [0.25, 0.3) is 5.65 Å². The quantitative estimate of drug-likeness (QED) is 0.412. The van der Waals surface area contributed by atoms with Crippen molar-refractivity contribution in [2.75, 3.05) is 23.7 Å². The van der Waals surface area contributed by atoms with Crippen molar-refractivity contribution in [2.24, 2.45) is 5.41 Å². The Morgan fingerprint density at radius 1 is 1.11 bits per heavy atom. The van der Waals surface area contributed by atoms with E-state index in [0.717, 1.165) is 63.2 Å². The smallest absolute Gasteiger partial charge is 0.418 e. The van der Waals surface area contributed by atoms with Crippen molar-refractivity contribution in [3.8, 4) is 0 Å². The van der Waals surface area contributed by atoms with Gasteiger partial charge in [-0.15, -0.1) is 4.72 Å². The summed E-state index contributed by atoms with van der Waals surface area (Å²) in [5.74, 6) is 0.723. The lowest BCUT2D eigenvalue weighted by Crippen LogP contribution is -2.53. The Morgan fingerprint density at radius 2 is 1.84 bits per heavy atom. The molecule has 1 aliphatic heterocycles. The Kier molecular flexibility index (Phi) is 7.25. The van der Waals surface area contributed by atoms with Gasteiger partial charge in [-0.1, -0.05) is 18.2 Å². The first-order valence-electron chi connectivity index (χ1n) is 12.6. The molecule has 3 aromatic heterocycles. The molecule has 8 nitrogen and oxygen atoms in total. The first kappa shape index (κ1) is 27.4. The number of hydrogen-bond acceptors (Lipinski definition) is 8. The van der Waals surface area contributed by atoms with E-state index < -0.39 is 23.1 Å². The van der Waals surface area contributed by atoms with Crippen LogP contribution in [0, 0.1) is 5.41 Å². The molecule has 1 spiro atoms. The molecule has 1 saturated carbocycles. The monoisotopic (exact) mass is 567 g/mol. The van der Waals surface area contributed by atoms with Gasteiger partial charge in [0.25, 0.3) is 0 Å². The third-order valence-electron chi connectivity index (χ3n) is 7.54. The number of fused-ring (bicyclic) bond motifs is 1. The number of pyridine rings is 1. The molecule has 206 valence electrons. The zero-order valence-corrected chi connectivity index (χ0v) is 23.2. The highest BCUT2D eigenvalue weighted by Crippen LogP contribution is 2.48. The zero-order chi connectivity index (χ0) is 27.3. The highest BCUT2D eigenvalue weighted by molar-refractivity contribution is 7.99. The number of hydrogen-bond donors (Lipinski definition) is 2. The van der Waals surface area contributed by atoms with Gasteiger partial charge in [-0.3, -0.25) is 4.40 Å². The number of rotatable bonds is 5. The fourth-order valence-corrected chi connectivity index (χ4v) is 7.46. The van der Waals surface area contributed by atoms with Gasteiger partial charge in [0.15, 0.2) is 5.65 Å². The second-order valence-electron chi connectivity index (χ2n) is 11.0. The van der Waals surface area contributed by atoms with E-state index in [1.54, 1.807) is 18.6 Å². The summed E-state index contributed by atoms with van der Waals surface area (Å²) >= 11 is -0.188. The molecule has 1 unspecified atom stereocenters. The van der Waals surface area contributed by atoms with E-state index >= 15 is 0 Å². The van der Waals surface area contributed by atoms with Crippen LogP contribution in [0.5, 0.6) is 0 Å². The van der Waals surface area contributed by atoms with E-state index in [0.29, 0.717) is 16.5 Å². The molecule has 2 aliphatic rings. The molecule has 2 atom stereocenters. The fourth-order valence-electron chi connectivity index (χ4n) is 5.44. The maximum Gasteiger partial charge on any atom is 0.418 e. The van der Waals surface area contributed by atoms with Crippen LogP contribution >= 0.6 is 11.8 Å². The molecule has 0 amide bonds. The topological polar surface area (TPSA) is 107 Å². The van der Waals surface area contributed by atoms with Gasteiger partial charge < -0.3 is 15.2 Å². The SMILES string of the molecule is CC(C)(C)[S+]([O-])N[C@@H]1CCCC12CCN(c1ncc(Sc3cc(N)ncc3C(F)(F)F)c3nccn13)CC2. The van der Waals surface area contributed by atoms with E-state index in [9.17, 15) is 17.7 Å². The number of anilines is 2. The molecule has 0 aromatic carbocycles. The number of alkyl halides is 3. The molecule has 3 N–H and O–H groups in total. The number of nitrogens with two attached hydrogens (primary N) is 1. The van der Waals surface area contributed by atoms with Gasteiger partial charge in [0, 0.05) is 54.1 Å². The molecule has 0 radical (unpaired) electrons. The van der Waals surface area contributed by atoms with E-state index in [-0.39, 0.29) is 26.9 Å². The van der Waals surface area contributed by atoms with Crippen LogP contribution in [0.15, 0.2) is 40.6 Å². The van der Waals surface area contributed by atoms with Gasteiger partial charge in [0.05, 0.1) is 16.5 Å². The number of nitrogen functional groups attached to an aromatic ring is 1. The zero-order valence-electron chi connectivity index (χ0n) is 21.6. The summed E-state index contributed by atoms with van der Waals surface area (Å²) in [6, 6.07) is 1.45. The van der Waals surface area contributed by atoms with Gasteiger partial charge >= 0.3 is 6.18 Å². The van der Waals surface area contributed by atoms with Crippen LogP contribution in [0.4, 0.5) is 24.9 Å². The molecule has 0 bridgehead atoms. The van der Waals surface area contributed by atoms with Crippen LogP contribution in [-0.4, -0.2) is 47.8 Å². The molecule has 13 heteroatoms. The normalized spacial score (nSPS) is 20.9. The van der Waals surface area contributed by atoms with Gasteiger partial charge in [-0.05, 0) is 57.9 Å². The van der Waals surface area contributed by atoms with Crippen LogP contribution in [0.2, 0.25) is 0 Å². The Morgan fingerprint density at radius 3 is 2.53 bits per heavy atom. The van der Waals surface area contributed by atoms with Gasteiger partial charge in [-0.2, -0.15) is 13.2 Å². The first-order chi connectivity index (χ1) is 17.9. The molecular formula is C25H32F3N7OS2. The van der Waals surface area contributed by atoms with Crippen molar-refractivity contribution >= 4 is 40.5 Å². The predicted octanol–water partition coefficient (Wildman–Crippen LogP) is 5.07. The van der Waals surface area contributed by atoms with Crippen molar-refractivity contribution in [3.05, 3.63) is 36.4 Å². The van der Waals surface area contributed by atoms with Crippen molar-refractivity contribution in [1.29, 1.82) is 0 Å².